The van der Waals surface area contributed by atoms with E-state index in [4.69, 9.17) is 9.84 Å². The summed E-state index contributed by atoms with van der Waals surface area (Å²) in [5, 5.41) is 12.2. The van der Waals surface area contributed by atoms with Crippen LogP contribution in [0, 0.1) is 0 Å². The Morgan fingerprint density at radius 3 is 2.44 bits per heavy atom. The number of carboxylic acid groups (broad SMARTS) is 1. The SMILES string of the molecule is CCCCC(COC)NC(CCC)C(=O)O. The zero-order valence-corrected chi connectivity index (χ0v) is 10.7. The maximum atomic E-state index is 11.0. The molecule has 16 heavy (non-hydrogen) atoms. The van der Waals surface area contributed by atoms with Crippen molar-refractivity contribution in [3.05, 3.63) is 0 Å². The molecule has 2 unspecified atom stereocenters. The monoisotopic (exact) mass is 231 g/mol. The summed E-state index contributed by atoms with van der Waals surface area (Å²) in [5.74, 6) is -0.764. The normalized spacial score (nSPS) is 14.7. The zero-order valence-electron chi connectivity index (χ0n) is 10.7. The van der Waals surface area contributed by atoms with Gasteiger partial charge in [0.25, 0.3) is 0 Å². The van der Waals surface area contributed by atoms with E-state index in [9.17, 15) is 4.79 Å². The third-order valence-electron chi connectivity index (χ3n) is 2.59. The minimum atomic E-state index is -0.764. The quantitative estimate of drug-likeness (QED) is 0.604. The Bertz CT molecular complexity index is 185. The molecule has 0 heterocycles. The first-order valence-electron chi connectivity index (χ1n) is 6.13. The Morgan fingerprint density at radius 2 is 2.00 bits per heavy atom. The van der Waals surface area contributed by atoms with Gasteiger partial charge in [-0.15, -0.1) is 0 Å². The van der Waals surface area contributed by atoms with E-state index >= 15 is 0 Å². The summed E-state index contributed by atoms with van der Waals surface area (Å²) >= 11 is 0. The van der Waals surface area contributed by atoms with Gasteiger partial charge < -0.3 is 9.84 Å². The van der Waals surface area contributed by atoms with Gasteiger partial charge >= 0.3 is 5.97 Å². The van der Waals surface area contributed by atoms with E-state index in [1.54, 1.807) is 7.11 Å². The first-order chi connectivity index (χ1) is 7.65. The van der Waals surface area contributed by atoms with Crippen molar-refractivity contribution in [2.75, 3.05) is 13.7 Å². The molecule has 0 aliphatic heterocycles. The molecule has 2 N–H and O–H groups in total. The second kappa shape index (κ2) is 9.60. The molecule has 0 aromatic rings. The van der Waals surface area contributed by atoms with E-state index < -0.39 is 12.0 Å². The summed E-state index contributed by atoms with van der Waals surface area (Å²) < 4.78 is 5.10. The highest BCUT2D eigenvalue weighted by Crippen LogP contribution is 2.05. The van der Waals surface area contributed by atoms with Crippen molar-refractivity contribution in [3.63, 3.8) is 0 Å². The van der Waals surface area contributed by atoms with Crippen molar-refractivity contribution in [1.29, 1.82) is 0 Å². The van der Waals surface area contributed by atoms with Gasteiger partial charge in [0, 0.05) is 13.2 Å². The number of unbranched alkanes of at least 4 members (excludes halogenated alkanes) is 1. The van der Waals surface area contributed by atoms with Crippen molar-refractivity contribution in [3.8, 4) is 0 Å². The Morgan fingerprint density at radius 1 is 1.31 bits per heavy atom. The van der Waals surface area contributed by atoms with Gasteiger partial charge in [-0.25, -0.2) is 0 Å². The van der Waals surface area contributed by atoms with Crippen LogP contribution in [0.15, 0.2) is 0 Å². The first kappa shape index (κ1) is 15.4. The first-order valence-corrected chi connectivity index (χ1v) is 6.13. The van der Waals surface area contributed by atoms with Gasteiger partial charge in [-0.3, -0.25) is 10.1 Å². The van der Waals surface area contributed by atoms with E-state index in [-0.39, 0.29) is 6.04 Å². The summed E-state index contributed by atoms with van der Waals surface area (Å²) in [5.41, 5.74) is 0. The Hall–Kier alpha value is -0.610. The lowest BCUT2D eigenvalue weighted by atomic mass is 10.1. The van der Waals surface area contributed by atoms with Crippen LogP contribution in [0.25, 0.3) is 0 Å². The van der Waals surface area contributed by atoms with Crippen LogP contribution in [0.3, 0.4) is 0 Å². The lowest BCUT2D eigenvalue weighted by Gasteiger charge is -2.22. The fourth-order valence-electron chi connectivity index (χ4n) is 1.72. The van der Waals surface area contributed by atoms with E-state index in [0.29, 0.717) is 13.0 Å². The number of methoxy groups -OCH3 is 1. The summed E-state index contributed by atoms with van der Waals surface area (Å²) in [7, 11) is 1.65. The third-order valence-corrected chi connectivity index (χ3v) is 2.59. The molecule has 96 valence electrons. The van der Waals surface area contributed by atoms with Gasteiger partial charge in [0.2, 0.25) is 0 Å². The Labute approximate surface area is 98.4 Å². The van der Waals surface area contributed by atoms with Crippen LogP contribution in [0.1, 0.15) is 46.0 Å². The van der Waals surface area contributed by atoms with Gasteiger partial charge in [-0.05, 0) is 12.8 Å². The van der Waals surface area contributed by atoms with Crippen molar-refractivity contribution < 1.29 is 14.6 Å². The van der Waals surface area contributed by atoms with Crippen LogP contribution in [0.2, 0.25) is 0 Å². The Kier molecular flexibility index (Phi) is 9.24. The molecule has 0 bridgehead atoms. The Balaban J connectivity index is 4.14. The van der Waals surface area contributed by atoms with E-state index in [2.05, 4.69) is 12.2 Å². The van der Waals surface area contributed by atoms with Crippen LogP contribution in [0.5, 0.6) is 0 Å². The molecule has 0 aliphatic carbocycles. The molecule has 4 nitrogen and oxygen atoms in total. The average Bonchev–Trinajstić information content (AvgIpc) is 2.25. The highest BCUT2D eigenvalue weighted by molar-refractivity contribution is 5.73. The van der Waals surface area contributed by atoms with E-state index in [0.717, 1.165) is 25.7 Å². The number of carbonyl (C=O) groups is 1. The maximum Gasteiger partial charge on any atom is 0.320 e. The highest BCUT2D eigenvalue weighted by Gasteiger charge is 2.20. The number of aliphatic carboxylic acids is 1. The lowest BCUT2D eigenvalue weighted by Crippen LogP contribution is -2.45. The predicted octanol–water partition coefficient (Wildman–Crippen LogP) is 2.03. The molecular weight excluding hydrogens is 206 g/mol. The van der Waals surface area contributed by atoms with Gasteiger partial charge in [0.1, 0.15) is 6.04 Å². The maximum absolute atomic E-state index is 11.0. The minimum absolute atomic E-state index is 0.151. The molecule has 0 rings (SSSR count). The summed E-state index contributed by atoms with van der Waals surface area (Å²) in [6.07, 6.45) is 4.73. The van der Waals surface area contributed by atoms with E-state index in [1.165, 1.54) is 0 Å². The molecule has 2 atom stereocenters. The van der Waals surface area contributed by atoms with Crippen molar-refractivity contribution in [2.24, 2.45) is 0 Å². The van der Waals surface area contributed by atoms with Crippen molar-refractivity contribution in [1.82, 2.24) is 5.32 Å². The predicted molar refractivity (Wildman–Crippen MR) is 64.7 cm³/mol. The van der Waals surface area contributed by atoms with Crippen LogP contribution < -0.4 is 5.32 Å². The molecule has 0 aromatic heterocycles. The van der Waals surface area contributed by atoms with Crippen LogP contribution in [-0.2, 0) is 9.53 Å². The third kappa shape index (κ3) is 6.80. The van der Waals surface area contributed by atoms with Gasteiger partial charge in [-0.1, -0.05) is 33.1 Å². The second-order valence-corrected chi connectivity index (χ2v) is 4.14. The second-order valence-electron chi connectivity index (χ2n) is 4.14. The fraction of sp³-hybridized carbons (Fsp3) is 0.917. The molecule has 0 spiro atoms. The minimum Gasteiger partial charge on any atom is -0.480 e. The number of hydrogen-bond donors (Lipinski definition) is 2. The van der Waals surface area contributed by atoms with Gasteiger partial charge in [-0.2, -0.15) is 0 Å². The van der Waals surface area contributed by atoms with Gasteiger partial charge in [0.05, 0.1) is 6.61 Å². The number of ether oxygens (including phenoxy) is 1. The molecule has 0 saturated heterocycles. The van der Waals surface area contributed by atoms with Crippen LogP contribution >= 0.6 is 0 Å². The molecule has 0 aliphatic rings. The number of nitrogens with one attached hydrogen (secondary N) is 1. The van der Waals surface area contributed by atoms with Crippen molar-refractivity contribution >= 4 is 5.97 Å². The molecule has 0 radical (unpaired) electrons. The smallest absolute Gasteiger partial charge is 0.320 e. The molecular formula is C12H25NO3. The number of rotatable bonds is 10. The molecule has 0 saturated carbocycles. The fourth-order valence-corrected chi connectivity index (χ4v) is 1.72. The highest BCUT2D eigenvalue weighted by atomic mass is 16.5. The summed E-state index contributed by atoms with van der Waals surface area (Å²) in [4.78, 5) is 11.0. The van der Waals surface area contributed by atoms with Crippen LogP contribution in [-0.4, -0.2) is 36.9 Å². The average molecular weight is 231 g/mol. The molecule has 0 amide bonds. The molecule has 0 fully saturated rings. The zero-order chi connectivity index (χ0) is 12.4. The molecule has 4 heteroatoms. The number of hydrogen-bond acceptors (Lipinski definition) is 3. The number of carboxylic acids is 1. The largest absolute Gasteiger partial charge is 0.480 e. The summed E-state index contributed by atoms with van der Waals surface area (Å²) in [6.45, 7) is 4.70. The van der Waals surface area contributed by atoms with E-state index in [1.807, 2.05) is 6.92 Å². The standard InChI is InChI=1S/C12H25NO3/c1-4-6-8-10(9-16-3)13-11(7-5-2)12(14)15/h10-11,13H,4-9H2,1-3H3,(H,14,15). The lowest BCUT2D eigenvalue weighted by molar-refractivity contribution is -0.140. The molecule has 0 aromatic carbocycles. The van der Waals surface area contributed by atoms with Gasteiger partial charge in [0.15, 0.2) is 0 Å². The topological polar surface area (TPSA) is 58.6 Å². The van der Waals surface area contributed by atoms with Crippen LogP contribution in [0.4, 0.5) is 0 Å². The summed E-state index contributed by atoms with van der Waals surface area (Å²) in [6, 6.07) is -0.292. The van der Waals surface area contributed by atoms with Crippen molar-refractivity contribution in [2.45, 2.75) is 58.0 Å².